The molecule has 14 heavy (non-hydrogen) atoms. The molecule has 1 aliphatic carbocycles. The molecule has 0 heterocycles. The third-order valence-electron chi connectivity index (χ3n) is 2.47. The van der Waals surface area contributed by atoms with Crippen LogP contribution in [0.25, 0.3) is 0 Å². The molecule has 0 atom stereocenters. The van der Waals surface area contributed by atoms with E-state index in [4.69, 9.17) is 5.11 Å². The predicted molar refractivity (Wildman–Crippen MR) is 54.0 cm³/mol. The normalized spacial score (nSPS) is 19.6. The minimum atomic E-state index is -3.36. The van der Waals surface area contributed by atoms with E-state index in [0.717, 1.165) is 19.3 Å². The smallest absolute Gasteiger partial charge is 0.276 e. The van der Waals surface area contributed by atoms with Crippen LogP contribution in [0.3, 0.4) is 0 Å². The molecule has 0 bridgehead atoms. The first kappa shape index (κ1) is 11.9. The van der Waals surface area contributed by atoms with Gasteiger partial charge < -0.3 is 5.11 Å². The third-order valence-corrected chi connectivity index (χ3v) is 3.58. The van der Waals surface area contributed by atoms with Crippen LogP contribution < -0.4 is 9.44 Å². The van der Waals surface area contributed by atoms with Crippen LogP contribution in [0.4, 0.5) is 0 Å². The number of aliphatic hydroxyl groups excluding tert-OH is 1. The summed E-state index contributed by atoms with van der Waals surface area (Å²) in [7, 11) is -3.36. The zero-order valence-electron chi connectivity index (χ0n) is 8.41. The lowest BCUT2D eigenvalue weighted by molar-refractivity contribution is 0.213. The summed E-state index contributed by atoms with van der Waals surface area (Å²) in [6, 6.07) is 0. The number of hydrogen-bond acceptors (Lipinski definition) is 3. The SMILES string of the molecule is CCCNS(=O)(=O)NCC1(CO)CC1. The summed E-state index contributed by atoms with van der Waals surface area (Å²) >= 11 is 0. The molecule has 0 aromatic heterocycles. The standard InChI is InChI=1S/C8H18N2O3S/c1-2-5-9-14(12,13)10-6-8(7-11)3-4-8/h9-11H,2-7H2,1H3. The van der Waals surface area contributed by atoms with Crippen LogP contribution >= 0.6 is 0 Å². The van der Waals surface area contributed by atoms with E-state index in [1.54, 1.807) is 0 Å². The van der Waals surface area contributed by atoms with E-state index in [9.17, 15) is 8.42 Å². The maximum Gasteiger partial charge on any atom is 0.276 e. The second-order valence-corrected chi connectivity index (χ2v) is 5.46. The van der Waals surface area contributed by atoms with Crippen molar-refractivity contribution < 1.29 is 13.5 Å². The fraction of sp³-hybridized carbons (Fsp3) is 1.00. The summed E-state index contributed by atoms with van der Waals surface area (Å²) in [5.41, 5.74) is -0.180. The minimum absolute atomic E-state index is 0.0588. The molecule has 1 aliphatic rings. The summed E-state index contributed by atoms with van der Waals surface area (Å²) in [6.07, 6.45) is 2.58. The van der Waals surface area contributed by atoms with Crippen LogP contribution in [0.1, 0.15) is 26.2 Å². The van der Waals surface area contributed by atoms with Gasteiger partial charge >= 0.3 is 0 Å². The van der Waals surface area contributed by atoms with E-state index in [0.29, 0.717) is 13.1 Å². The van der Waals surface area contributed by atoms with E-state index >= 15 is 0 Å². The summed E-state index contributed by atoms with van der Waals surface area (Å²) in [4.78, 5) is 0. The van der Waals surface area contributed by atoms with Crippen LogP contribution in [-0.4, -0.2) is 33.2 Å². The van der Waals surface area contributed by atoms with Gasteiger partial charge in [0.2, 0.25) is 0 Å². The number of hydrogen-bond donors (Lipinski definition) is 3. The molecule has 0 spiro atoms. The second-order valence-electron chi connectivity index (χ2n) is 3.88. The number of aliphatic hydroxyl groups is 1. The van der Waals surface area contributed by atoms with Crippen molar-refractivity contribution in [2.24, 2.45) is 5.41 Å². The summed E-state index contributed by atoms with van der Waals surface area (Å²) in [6.45, 7) is 2.74. The van der Waals surface area contributed by atoms with Crippen molar-refractivity contribution in [1.29, 1.82) is 0 Å². The molecule has 0 aromatic rings. The number of rotatable bonds is 7. The van der Waals surface area contributed by atoms with E-state index in [1.807, 2.05) is 6.92 Å². The second kappa shape index (κ2) is 4.57. The van der Waals surface area contributed by atoms with Gasteiger partial charge in [-0.05, 0) is 19.3 Å². The molecule has 0 unspecified atom stereocenters. The van der Waals surface area contributed by atoms with Crippen molar-refractivity contribution in [3.8, 4) is 0 Å². The van der Waals surface area contributed by atoms with Gasteiger partial charge in [0.15, 0.2) is 0 Å². The summed E-state index contributed by atoms with van der Waals surface area (Å²) in [5, 5.41) is 8.97. The van der Waals surface area contributed by atoms with Gasteiger partial charge in [0, 0.05) is 25.1 Å². The maximum atomic E-state index is 11.3. The Labute approximate surface area is 85.1 Å². The highest BCUT2D eigenvalue weighted by molar-refractivity contribution is 7.87. The highest BCUT2D eigenvalue weighted by atomic mass is 32.2. The monoisotopic (exact) mass is 222 g/mol. The minimum Gasteiger partial charge on any atom is -0.396 e. The van der Waals surface area contributed by atoms with Gasteiger partial charge in [-0.1, -0.05) is 6.92 Å². The molecular formula is C8H18N2O3S. The van der Waals surface area contributed by atoms with Gasteiger partial charge in [-0.2, -0.15) is 8.42 Å². The molecule has 3 N–H and O–H groups in total. The number of nitrogens with one attached hydrogen (secondary N) is 2. The Morgan fingerprint density at radius 3 is 2.43 bits per heavy atom. The molecule has 0 aromatic carbocycles. The quantitative estimate of drug-likeness (QED) is 0.548. The predicted octanol–water partition coefficient (Wildman–Crippen LogP) is -0.407. The first-order valence-electron chi connectivity index (χ1n) is 4.89. The Balaban J connectivity index is 2.29. The highest BCUT2D eigenvalue weighted by Gasteiger charge is 2.42. The molecule has 0 amide bonds. The Hall–Kier alpha value is -0.170. The zero-order chi connectivity index (χ0) is 10.7. The first-order valence-corrected chi connectivity index (χ1v) is 6.37. The Morgan fingerprint density at radius 2 is 2.00 bits per heavy atom. The topological polar surface area (TPSA) is 78.4 Å². The molecule has 0 saturated heterocycles. The molecule has 84 valence electrons. The average molecular weight is 222 g/mol. The molecule has 5 nitrogen and oxygen atoms in total. The Morgan fingerprint density at radius 1 is 1.36 bits per heavy atom. The third kappa shape index (κ3) is 3.53. The lowest BCUT2D eigenvalue weighted by atomic mass is 10.1. The van der Waals surface area contributed by atoms with Crippen LogP contribution in [0.15, 0.2) is 0 Å². The average Bonchev–Trinajstić information content (AvgIpc) is 2.93. The van der Waals surface area contributed by atoms with Crippen LogP contribution in [0.5, 0.6) is 0 Å². The van der Waals surface area contributed by atoms with Gasteiger partial charge in [-0.25, -0.2) is 9.44 Å². The van der Waals surface area contributed by atoms with Gasteiger partial charge in [0.05, 0.1) is 0 Å². The highest BCUT2D eigenvalue weighted by Crippen LogP contribution is 2.44. The molecular weight excluding hydrogens is 204 g/mol. The fourth-order valence-corrected chi connectivity index (χ4v) is 2.17. The lowest BCUT2D eigenvalue weighted by Gasteiger charge is -2.13. The maximum absolute atomic E-state index is 11.3. The molecule has 1 saturated carbocycles. The molecule has 0 radical (unpaired) electrons. The van der Waals surface area contributed by atoms with Gasteiger partial charge in [0.25, 0.3) is 10.2 Å². The Kier molecular flexibility index (Phi) is 3.88. The van der Waals surface area contributed by atoms with Crippen molar-refractivity contribution in [3.63, 3.8) is 0 Å². The van der Waals surface area contributed by atoms with Crippen LogP contribution in [0.2, 0.25) is 0 Å². The first-order chi connectivity index (χ1) is 6.54. The van der Waals surface area contributed by atoms with Crippen molar-refractivity contribution in [1.82, 2.24) is 9.44 Å². The van der Waals surface area contributed by atoms with E-state index < -0.39 is 10.2 Å². The van der Waals surface area contributed by atoms with Crippen LogP contribution in [0, 0.1) is 5.41 Å². The van der Waals surface area contributed by atoms with Crippen molar-refractivity contribution in [2.45, 2.75) is 26.2 Å². The van der Waals surface area contributed by atoms with Crippen molar-refractivity contribution in [2.75, 3.05) is 19.7 Å². The largest absolute Gasteiger partial charge is 0.396 e. The van der Waals surface area contributed by atoms with Crippen molar-refractivity contribution in [3.05, 3.63) is 0 Å². The van der Waals surface area contributed by atoms with Gasteiger partial charge in [-0.3, -0.25) is 0 Å². The van der Waals surface area contributed by atoms with Crippen molar-refractivity contribution >= 4 is 10.2 Å². The summed E-state index contributed by atoms with van der Waals surface area (Å²) < 4.78 is 27.4. The lowest BCUT2D eigenvalue weighted by Crippen LogP contribution is -2.40. The molecule has 0 aliphatic heterocycles. The van der Waals surface area contributed by atoms with Crippen LogP contribution in [-0.2, 0) is 10.2 Å². The zero-order valence-corrected chi connectivity index (χ0v) is 9.23. The van der Waals surface area contributed by atoms with E-state index in [-0.39, 0.29) is 12.0 Å². The van der Waals surface area contributed by atoms with Gasteiger partial charge in [0.1, 0.15) is 0 Å². The fourth-order valence-electron chi connectivity index (χ4n) is 1.10. The molecule has 1 rings (SSSR count). The molecule has 1 fully saturated rings. The van der Waals surface area contributed by atoms with E-state index in [2.05, 4.69) is 9.44 Å². The molecule has 6 heteroatoms. The van der Waals surface area contributed by atoms with Gasteiger partial charge in [-0.15, -0.1) is 0 Å². The summed E-state index contributed by atoms with van der Waals surface area (Å²) in [5.74, 6) is 0. The van der Waals surface area contributed by atoms with E-state index in [1.165, 1.54) is 0 Å². The Bertz CT molecular complexity index is 272.